The van der Waals surface area contributed by atoms with E-state index in [4.69, 9.17) is 31.5 Å². The van der Waals surface area contributed by atoms with Crippen LogP contribution in [0.3, 0.4) is 0 Å². The van der Waals surface area contributed by atoms with Gasteiger partial charge in [-0.3, -0.25) is 19.1 Å². The topological polar surface area (TPSA) is 112 Å². The summed E-state index contributed by atoms with van der Waals surface area (Å²) in [6, 6.07) is 27.4. The Morgan fingerprint density at radius 3 is 2.20 bits per heavy atom. The molecule has 6 aromatic rings. The van der Waals surface area contributed by atoms with E-state index in [0.29, 0.717) is 46.1 Å². The van der Waals surface area contributed by atoms with Crippen LogP contribution in [-0.2, 0) is 22.5 Å². The van der Waals surface area contributed by atoms with E-state index in [0.717, 1.165) is 124 Å². The summed E-state index contributed by atoms with van der Waals surface area (Å²) < 4.78 is 10.2. The summed E-state index contributed by atoms with van der Waals surface area (Å²) in [6.45, 7) is 12.3. The molecule has 13 heteroatoms. The summed E-state index contributed by atoms with van der Waals surface area (Å²) in [4.78, 5) is 27.3. The Morgan fingerprint density at radius 1 is 0.814 bits per heavy atom. The number of carbonyl (C=O) groups excluding carboxylic acids is 1. The minimum Gasteiger partial charge on any atom is -0.381 e. The van der Waals surface area contributed by atoms with E-state index in [1.54, 1.807) is 6.92 Å². The van der Waals surface area contributed by atoms with E-state index in [9.17, 15) is 10.1 Å². The number of fused-ring (bicyclic) bond motifs is 2. The Balaban J connectivity index is 0.653. The molecule has 0 N–H and O–H groups in total. The van der Waals surface area contributed by atoms with Crippen molar-refractivity contribution in [1.29, 1.82) is 5.26 Å². The highest BCUT2D eigenvalue weighted by Crippen LogP contribution is 2.49. The second-order valence-corrected chi connectivity index (χ2v) is 22.1. The largest absolute Gasteiger partial charge is 0.381 e. The Hall–Kier alpha value is -5.90. The molecular formula is C57H65ClN10O2. The van der Waals surface area contributed by atoms with Crippen LogP contribution < -0.4 is 14.7 Å². The van der Waals surface area contributed by atoms with E-state index in [1.165, 1.54) is 67.6 Å². The number of carbonyl (C=O) groups is 1. The number of aromatic nitrogens is 5. The van der Waals surface area contributed by atoms with Gasteiger partial charge in [-0.1, -0.05) is 29.8 Å². The van der Waals surface area contributed by atoms with Crippen LogP contribution in [0.5, 0.6) is 0 Å². The van der Waals surface area contributed by atoms with Crippen molar-refractivity contribution in [3.8, 4) is 28.6 Å². The van der Waals surface area contributed by atoms with Crippen LogP contribution >= 0.6 is 11.6 Å². The summed E-state index contributed by atoms with van der Waals surface area (Å²) in [5.41, 5.74) is 11.6. The van der Waals surface area contributed by atoms with Crippen molar-refractivity contribution in [2.24, 2.45) is 10.8 Å². The zero-order valence-electron chi connectivity index (χ0n) is 40.8. The van der Waals surface area contributed by atoms with E-state index >= 15 is 0 Å². The number of anilines is 3. The molecule has 1 saturated carbocycles. The predicted molar refractivity (Wildman–Crippen MR) is 277 cm³/mol. The molecular weight excluding hydrogens is 892 g/mol. The lowest BCUT2D eigenvalue weighted by Gasteiger charge is -2.46. The predicted octanol–water partition coefficient (Wildman–Crippen LogP) is 11.0. The molecule has 0 radical (unpaired) electrons. The lowest BCUT2D eigenvalue weighted by Crippen LogP contribution is -2.42. The molecule has 1 amide bonds. The number of pyridine rings is 1. The molecule has 4 saturated heterocycles. The number of benzene rings is 3. The number of nitriles is 1. The molecule has 0 unspecified atom stereocenters. The summed E-state index contributed by atoms with van der Waals surface area (Å²) in [7, 11) is 0. The number of halogens is 1. The highest BCUT2D eigenvalue weighted by Gasteiger charge is 2.44. The number of rotatable bonds is 7. The summed E-state index contributed by atoms with van der Waals surface area (Å²) in [5, 5.41) is 22.4. The van der Waals surface area contributed by atoms with Crippen LogP contribution in [0.15, 0.2) is 85.3 Å². The third-order valence-electron chi connectivity index (χ3n) is 17.8. The van der Waals surface area contributed by atoms with Crippen molar-refractivity contribution >= 4 is 45.3 Å². The molecule has 12 rings (SSSR count). The van der Waals surface area contributed by atoms with E-state index in [2.05, 4.69) is 97.9 Å². The van der Waals surface area contributed by atoms with Gasteiger partial charge in [-0.25, -0.2) is 0 Å². The van der Waals surface area contributed by atoms with Gasteiger partial charge < -0.3 is 24.3 Å². The minimum atomic E-state index is 0.108. The molecule has 5 fully saturated rings. The standard InChI is InChI=1S/C57H65ClN10O2/c1-39-32-57(38-66(39)48-7-6-42(33-59)52(58)31-48)21-26-64(27-22-57)45-10-8-44(9-11-45)63-24-19-56(20-25-63)17-12-46(13-18-56)67-36-43(34-61-67)53-30-41-4-3-5-49(50(41)35-60-53)55-51-37-65(40(2)69)23-14-54(51)68(62-55)47-15-28-70-29-16-47/h3-11,30-31,34-36,39,46-47H,12-29,32,37-38H2,1-2H3/t39-/m0/s1. The van der Waals surface area contributed by atoms with Gasteiger partial charge in [0.2, 0.25) is 5.91 Å². The summed E-state index contributed by atoms with van der Waals surface area (Å²) >= 11 is 6.44. The lowest BCUT2D eigenvalue weighted by atomic mass is 9.67. The third kappa shape index (κ3) is 8.40. The average Bonchev–Trinajstić information content (AvgIpc) is 4.13. The van der Waals surface area contributed by atoms with Gasteiger partial charge in [0.05, 0.1) is 40.3 Å². The number of nitrogens with zero attached hydrogens (tertiary/aromatic N) is 10. The van der Waals surface area contributed by atoms with Crippen LogP contribution in [-0.4, -0.2) is 93.9 Å². The number of amides is 1. The number of hydrogen-bond acceptors (Lipinski definition) is 9. The highest BCUT2D eigenvalue weighted by atomic mass is 35.5. The first-order valence-corrected chi connectivity index (χ1v) is 26.5. The second kappa shape index (κ2) is 18.4. The third-order valence-corrected chi connectivity index (χ3v) is 18.1. The van der Waals surface area contributed by atoms with Gasteiger partial charge in [0.15, 0.2) is 0 Å². The monoisotopic (exact) mass is 956 g/mol. The number of hydrogen-bond donors (Lipinski definition) is 0. The van der Waals surface area contributed by atoms with Gasteiger partial charge in [-0.05, 0) is 142 Å². The highest BCUT2D eigenvalue weighted by molar-refractivity contribution is 6.32. The zero-order chi connectivity index (χ0) is 47.6. The van der Waals surface area contributed by atoms with Gasteiger partial charge in [0.25, 0.3) is 0 Å². The van der Waals surface area contributed by atoms with Crippen LogP contribution in [0.1, 0.15) is 113 Å². The van der Waals surface area contributed by atoms with Gasteiger partial charge in [0.1, 0.15) is 6.07 Å². The van der Waals surface area contributed by atoms with Crippen LogP contribution in [0.25, 0.3) is 33.3 Å². The summed E-state index contributed by atoms with van der Waals surface area (Å²) in [6.07, 6.45) is 19.9. The Bertz CT molecular complexity index is 2940. The van der Waals surface area contributed by atoms with Crippen molar-refractivity contribution in [2.45, 2.75) is 116 Å². The van der Waals surface area contributed by atoms with Crippen LogP contribution in [0.2, 0.25) is 5.02 Å². The van der Waals surface area contributed by atoms with Gasteiger partial charge in [-0.15, -0.1) is 0 Å². The molecule has 362 valence electrons. The number of piperidine rings is 2. The van der Waals surface area contributed by atoms with Gasteiger partial charge in [-0.2, -0.15) is 15.5 Å². The first kappa shape index (κ1) is 45.3. The van der Waals surface area contributed by atoms with Crippen LogP contribution in [0, 0.1) is 22.2 Å². The zero-order valence-corrected chi connectivity index (χ0v) is 41.6. The van der Waals surface area contributed by atoms with Crippen molar-refractivity contribution in [2.75, 3.05) is 67.2 Å². The van der Waals surface area contributed by atoms with Crippen molar-refractivity contribution in [1.82, 2.24) is 29.4 Å². The van der Waals surface area contributed by atoms with Crippen molar-refractivity contribution < 1.29 is 9.53 Å². The molecule has 1 aliphatic carbocycles. The molecule has 8 heterocycles. The lowest BCUT2D eigenvalue weighted by molar-refractivity contribution is -0.129. The molecule has 3 aromatic heterocycles. The Kier molecular flexibility index (Phi) is 11.9. The maximum atomic E-state index is 12.5. The fraction of sp³-hybridized carbons (Fsp3) is 0.491. The average molecular weight is 958 g/mol. The van der Waals surface area contributed by atoms with Gasteiger partial charge in [0, 0.05) is 136 Å². The summed E-state index contributed by atoms with van der Waals surface area (Å²) in [5.74, 6) is 0.108. The molecule has 5 aliphatic heterocycles. The van der Waals surface area contributed by atoms with Crippen molar-refractivity contribution in [3.05, 3.63) is 107 Å². The maximum absolute atomic E-state index is 12.5. The SMILES string of the molecule is CC(=O)N1CCc2c(c(-c3cccc4cc(-c5cnn(C6CCC7(CC6)CCN(c6ccc(N8CCC9(CC8)C[C@H](C)N(c8ccc(C#N)c(Cl)c8)C9)cc6)CC7)c5)ncc34)nn2C2CCOCC2)C1. The number of ether oxygens (including phenoxy) is 1. The molecule has 2 spiro atoms. The first-order valence-electron chi connectivity index (χ1n) is 26.1. The fourth-order valence-electron chi connectivity index (χ4n) is 13.5. The second-order valence-electron chi connectivity index (χ2n) is 21.7. The minimum absolute atomic E-state index is 0.108. The van der Waals surface area contributed by atoms with Gasteiger partial charge >= 0.3 is 0 Å². The maximum Gasteiger partial charge on any atom is 0.219 e. The van der Waals surface area contributed by atoms with Crippen LogP contribution in [0.4, 0.5) is 17.1 Å². The van der Waals surface area contributed by atoms with Crippen molar-refractivity contribution in [3.63, 3.8) is 0 Å². The quantitative estimate of drug-likeness (QED) is 0.154. The normalized spacial score (nSPS) is 21.7. The molecule has 1 atom stereocenters. The molecule has 12 nitrogen and oxygen atoms in total. The Morgan fingerprint density at radius 2 is 1.51 bits per heavy atom. The smallest absolute Gasteiger partial charge is 0.219 e. The Labute approximate surface area is 417 Å². The van der Waals surface area contributed by atoms with E-state index in [1.807, 2.05) is 29.4 Å². The fourth-order valence-corrected chi connectivity index (χ4v) is 13.7. The molecule has 0 bridgehead atoms. The van der Waals surface area contributed by atoms with E-state index < -0.39 is 0 Å². The first-order chi connectivity index (χ1) is 34.1. The molecule has 70 heavy (non-hydrogen) atoms. The molecule has 6 aliphatic rings. The van der Waals surface area contributed by atoms with E-state index in [-0.39, 0.29) is 5.91 Å². The molecule has 3 aromatic carbocycles.